The number of nitrogens with one attached hydrogen (secondary N) is 4. The van der Waals surface area contributed by atoms with E-state index in [0.717, 1.165) is 66.4 Å². The number of methoxy groups -OCH3 is 1. The minimum Gasteiger partial charge on any atom is -0.494 e. The third-order valence-corrected chi connectivity index (χ3v) is 18.0. The topological polar surface area (TPSA) is 232 Å². The molecule has 3 saturated heterocycles. The highest BCUT2D eigenvalue weighted by atomic mass is 35.5. The summed E-state index contributed by atoms with van der Waals surface area (Å²) in [5, 5.41) is 22.4. The molecule has 3 aliphatic heterocycles. The SMILES string of the molecule is COc1cc(N2CCC(N3CCN(C(=O)CCC(=O)NC(C(=O)N4C[C@H](O)C[C@H]4C(=O)NCc4ccc(-c5scnc5C)cc4)C(C)(C)C)CC3)CC2)ccc1Nc1ncc(Cl)c(Nc2ccccc2S(=O)(=O)C(C)C)n1. The number of amides is 4. The summed E-state index contributed by atoms with van der Waals surface area (Å²) in [6.45, 7) is 15.1. The Morgan fingerprint density at radius 1 is 0.909 bits per heavy atom. The molecule has 3 fully saturated rings. The number of nitrogens with zero attached hydrogens (tertiary/aromatic N) is 7. The van der Waals surface area contributed by atoms with Crippen LogP contribution in [-0.2, 0) is 35.6 Å². The van der Waals surface area contributed by atoms with Crippen molar-refractivity contribution in [2.45, 2.75) is 115 Å². The Labute approximate surface area is 460 Å². The largest absolute Gasteiger partial charge is 0.494 e. The first-order chi connectivity index (χ1) is 36.7. The quantitative estimate of drug-likeness (QED) is 0.0598. The second kappa shape index (κ2) is 24.5. The van der Waals surface area contributed by atoms with Gasteiger partial charge in [-0.15, -0.1) is 11.3 Å². The molecule has 2 aromatic heterocycles. The lowest BCUT2D eigenvalue weighted by molar-refractivity contribution is -0.144. The van der Waals surface area contributed by atoms with E-state index in [9.17, 15) is 32.7 Å². The maximum Gasteiger partial charge on any atom is 0.246 e. The number of hydrogen-bond acceptors (Lipinski definition) is 16. The molecule has 0 aliphatic carbocycles. The van der Waals surface area contributed by atoms with Gasteiger partial charge in [-0.25, -0.2) is 18.4 Å². The molecule has 0 bridgehead atoms. The first-order valence-corrected chi connectivity index (χ1v) is 28.9. The van der Waals surface area contributed by atoms with Crippen molar-refractivity contribution in [3.8, 4) is 16.2 Å². The van der Waals surface area contributed by atoms with Crippen molar-refractivity contribution in [3.63, 3.8) is 0 Å². The Kier molecular flexibility index (Phi) is 18.1. The summed E-state index contributed by atoms with van der Waals surface area (Å²) >= 11 is 8.05. The zero-order valence-corrected chi connectivity index (χ0v) is 47.1. The number of carbonyl (C=O) groups excluding carboxylic acids is 4. The lowest BCUT2D eigenvalue weighted by atomic mass is 9.85. The Morgan fingerprint density at radius 2 is 1.62 bits per heavy atom. The predicted octanol–water partition coefficient (Wildman–Crippen LogP) is 6.94. The van der Waals surface area contributed by atoms with E-state index in [1.54, 1.807) is 56.6 Å². The number of aromatic nitrogens is 3. The van der Waals surface area contributed by atoms with E-state index in [2.05, 4.69) is 46.0 Å². The van der Waals surface area contributed by atoms with E-state index in [1.165, 1.54) is 11.1 Å². The van der Waals surface area contributed by atoms with Crippen molar-refractivity contribution in [2.24, 2.45) is 5.41 Å². The van der Waals surface area contributed by atoms with E-state index in [1.807, 2.05) is 80.6 Å². The molecule has 5 heterocycles. The third-order valence-electron chi connectivity index (χ3n) is 14.5. The molecular weight excluding hydrogens is 1040 g/mol. The summed E-state index contributed by atoms with van der Waals surface area (Å²) in [5.74, 6) is -0.335. The summed E-state index contributed by atoms with van der Waals surface area (Å²) < 4.78 is 31.9. The average molecular weight is 1110 g/mol. The number of β-amino-alcohol motifs (C(OH)–C–C–N with tert-alkyl or cyclic N) is 1. The number of aryl methyl sites for hydroxylation is 1. The van der Waals surface area contributed by atoms with E-state index >= 15 is 0 Å². The van der Waals surface area contributed by atoms with E-state index < -0.39 is 50.5 Å². The first kappa shape index (κ1) is 56.8. The van der Waals surface area contributed by atoms with E-state index in [0.29, 0.717) is 36.3 Å². The molecule has 8 rings (SSSR count). The summed E-state index contributed by atoms with van der Waals surface area (Å²) in [7, 11) is -2.00. The molecule has 412 valence electrons. The summed E-state index contributed by atoms with van der Waals surface area (Å²) in [5.41, 5.74) is 5.95. The number of thiazole rings is 1. The van der Waals surface area contributed by atoms with Crippen LogP contribution in [0, 0.1) is 12.3 Å². The molecule has 0 radical (unpaired) electrons. The number of anilines is 5. The van der Waals surface area contributed by atoms with Gasteiger partial charge in [-0.05, 0) is 74.4 Å². The smallest absolute Gasteiger partial charge is 0.246 e. The van der Waals surface area contributed by atoms with Crippen molar-refractivity contribution >= 4 is 85.2 Å². The number of carbonyl (C=O) groups is 4. The number of halogens is 1. The van der Waals surface area contributed by atoms with Gasteiger partial charge in [0, 0.05) is 89.4 Å². The van der Waals surface area contributed by atoms with Crippen LogP contribution in [-0.4, -0.2) is 149 Å². The molecule has 4 amide bonds. The monoisotopic (exact) mass is 1110 g/mol. The third kappa shape index (κ3) is 13.7. The molecule has 3 aliphatic rings. The van der Waals surface area contributed by atoms with Gasteiger partial charge in [0.05, 0.1) is 57.0 Å². The molecular formula is C55H70ClN11O8S2. The van der Waals surface area contributed by atoms with Crippen molar-refractivity contribution in [2.75, 3.05) is 68.5 Å². The van der Waals surface area contributed by atoms with Crippen molar-refractivity contribution in [3.05, 3.63) is 94.7 Å². The molecule has 22 heteroatoms. The number of ether oxygens (including phenoxy) is 1. The Balaban J connectivity index is 0.779. The molecule has 1 unspecified atom stereocenters. The molecule has 3 atom stereocenters. The van der Waals surface area contributed by atoms with Crippen LogP contribution in [0.2, 0.25) is 5.02 Å². The molecule has 0 spiro atoms. The fourth-order valence-corrected chi connectivity index (χ4v) is 12.2. The molecule has 3 aromatic carbocycles. The van der Waals surface area contributed by atoms with Crippen LogP contribution < -0.4 is 30.9 Å². The van der Waals surface area contributed by atoms with Gasteiger partial charge in [0.1, 0.15) is 22.9 Å². The summed E-state index contributed by atoms with van der Waals surface area (Å²) in [6.07, 6.45) is 2.40. The molecule has 5 aromatic rings. The zero-order valence-electron chi connectivity index (χ0n) is 44.7. The maximum atomic E-state index is 14.2. The lowest BCUT2D eigenvalue weighted by Crippen LogP contribution is -2.57. The summed E-state index contributed by atoms with van der Waals surface area (Å²) in [4.78, 5) is 77.1. The van der Waals surface area contributed by atoms with Crippen LogP contribution in [0.4, 0.5) is 28.8 Å². The second-order valence-electron chi connectivity index (χ2n) is 21.2. The Hall–Kier alpha value is -6.39. The molecule has 5 N–H and O–H groups in total. The Morgan fingerprint density at radius 3 is 2.29 bits per heavy atom. The van der Waals surface area contributed by atoms with E-state index in [-0.39, 0.29) is 65.9 Å². The van der Waals surface area contributed by atoms with Gasteiger partial charge in [0.15, 0.2) is 15.7 Å². The number of aliphatic hydroxyl groups is 1. The van der Waals surface area contributed by atoms with Gasteiger partial charge in [-0.2, -0.15) is 4.98 Å². The highest BCUT2D eigenvalue weighted by molar-refractivity contribution is 7.92. The fourth-order valence-electron chi connectivity index (χ4n) is 10.0. The lowest BCUT2D eigenvalue weighted by Gasteiger charge is -2.43. The second-order valence-corrected chi connectivity index (χ2v) is 24.9. The standard InChI is InChI=1S/C55H70ClN11O8S2/c1-34(2)77(73,74)46-11-9-8-10-43(46)60-51-41(56)31-58-54(63-51)61-42-17-16-39(28-45(42)75-7)64-22-20-38(21-23-64)65-24-26-66(27-25-65)48(70)19-18-47(69)62-50(55(4,5)6)53(72)67-32-40(68)29-44(67)52(71)57-30-36-12-14-37(15-13-36)49-35(3)59-33-76-49/h8-17,28,31,33-34,38,40,44,50,68H,18-27,29-30,32H2,1-7H3,(H,57,71)(H,62,69)(H2,58,60,61,63)/t40-,44+,50?/m1/s1. The van der Waals surface area contributed by atoms with Crippen molar-refractivity contribution < 1.29 is 37.4 Å². The first-order valence-electron chi connectivity index (χ1n) is 26.1. The van der Waals surface area contributed by atoms with Gasteiger partial charge < -0.3 is 45.8 Å². The molecule has 19 nitrogen and oxygen atoms in total. The van der Waals surface area contributed by atoms with Gasteiger partial charge in [-0.1, -0.05) is 68.8 Å². The van der Waals surface area contributed by atoms with Crippen LogP contribution >= 0.6 is 22.9 Å². The number of rotatable bonds is 18. The number of piperazine rings is 1. The molecule has 0 saturated carbocycles. The Bertz CT molecular complexity index is 3030. The minimum absolute atomic E-state index is 0.00187. The normalized spacial score (nSPS) is 18.0. The van der Waals surface area contributed by atoms with Gasteiger partial charge in [0.25, 0.3) is 0 Å². The van der Waals surface area contributed by atoms with Gasteiger partial charge in [-0.3, -0.25) is 24.1 Å². The van der Waals surface area contributed by atoms with Crippen LogP contribution in [0.1, 0.15) is 78.0 Å². The number of sulfone groups is 1. The maximum absolute atomic E-state index is 14.2. The number of para-hydroxylation sites is 1. The van der Waals surface area contributed by atoms with Crippen molar-refractivity contribution in [1.82, 2.24) is 40.3 Å². The zero-order chi connectivity index (χ0) is 55.2. The number of aliphatic hydroxyl groups excluding tert-OH is 1. The van der Waals surface area contributed by atoms with Crippen molar-refractivity contribution in [1.29, 1.82) is 0 Å². The van der Waals surface area contributed by atoms with Gasteiger partial charge >= 0.3 is 0 Å². The fraction of sp³-hybridized carbons (Fsp3) is 0.473. The summed E-state index contributed by atoms with van der Waals surface area (Å²) in [6, 6.07) is 18.8. The van der Waals surface area contributed by atoms with Crippen LogP contribution in [0.5, 0.6) is 5.75 Å². The minimum atomic E-state index is -3.59. The van der Waals surface area contributed by atoms with Crippen LogP contribution in [0.15, 0.2) is 83.3 Å². The van der Waals surface area contributed by atoms with E-state index in [4.69, 9.17) is 16.3 Å². The molecule has 77 heavy (non-hydrogen) atoms. The number of piperidine rings is 1. The highest BCUT2D eigenvalue weighted by Gasteiger charge is 2.44. The number of hydrogen-bond donors (Lipinski definition) is 5. The predicted molar refractivity (Wildman–Crippen MR) is 300 cm³/mol. The van der Waals surface area contributed by atoms with Gasteiger partial charge in [0.2, 0.25) is 29.6 Å². The number of benzene rings is 3. The highest BCUT2D eigenvalue weighted by Crippen LogP contribution is 2.36. The van der Waals surface area contributed by atoms with Crippen LogP contribution in [0.25, 0.3) is 10.4 Å². The van der Waals surface area contributed by atoms with Crippen LogP contribution in [0.3, 0.4) is 0 Å². The number of likely N-dealkylation sites (tertiary alicyclic amines) is 1. The average Bonchev–Trinajstić information content (AvgIpc) is 4.04.